The Labute approximate surface area is 173 Å². The SMILES string of the molecule is Cc1nn2cccnc2c1C(=O)N1CCN(c2ccc(C(F)(F)F)cc2[N+](=O)[O-])CC1. The maximum Gasteiger partial charge on any atom is 0.416 e. The van der Waals surface area contributed by atoms with Crippen molar-refractivity contribution in [2.45, 2.75) is 13.1 Å². The number of aryl methyl sites for hydroxylation is 1. The van der Waals surface area contributed by atoms with Crippen LogP contribution in [0, 0.1) is 17.0 Å². The highest BCUT2D eigenvalue weighted by Gasteiger charge is 2.35. The number of carbonyl (C=O) groups is 1. The van der Waals surface area contributed by atoms with E-state index in [0.717, 1.165) is 12.1 Å². The summed E-state index contributed by atoms with van der Waals surface area (Å²) in [6.07, 6.45) is -1.42. The number of aromatic nitrogens is 3. The summed E-state index contributed by atoms with van der Waals surface area (Å²) in [5.74, 6) is -0.257. The van der Waals surface area contributed by atoms with Crippen molar-refractivity contribution in [3.63, 3.8) is 0 Å². The zero-order valence-electron chi connectivity index (χ0n) is 16.3. The van der Waals surface area contributed by atoms with Crippen LogP contribution >= 0.6 is 0 Å². The first-order valence-corrected chi connectivity index (χ1v) is 9.36. The summed E-state index contributed by atoms with van der Waals surface area (Å²) in [5.41, 5.74) is -0.242. The van der Waals surface area contributed by atoms with Gasteiger partial charge in [0.25, 0.3) is 11.6 Å². The maximum atomic E-state index is 13.0. The van der Waals surface area contributed by atoms with E-state index in [2.05, 4.69) is 10.1 Å². The number of nitrogens with zero attached hydrogens (tertiary/aromatic N) is 6. The fourth-order valence-electron chi connectivity index (χ4n) is 3.67. The average molecular weight is 434 g/mol. The lowest BCUT2D eigenvalue weighted by Crippen LogP contribution is -2.49. The number of alkyl halides is 3. The van der Waals surface area contributed by atoms with Crippen LogP contribution in [0.15, 0.2) is 36.7 Å². The minimum Gasteiger partial charge on any atom is -0.362 e. The van der Waals surface area contributed by atoms with Crippen molar-refractivity contribution in [2.75, 3.05) is 31.1 Å². The summed E-state index contributed by atoms with van der Waals surface area (Å²) >= 11 is 0. The van der Waals surface area contributed by atoms with Crippen LogP contribution in [0.4, 0.5) is 24.5 Å². The zero-order valence-corrected chi connectivity index (χ0v) is 16.3. The Bertz CT molecular complexity index is 1170. The van der Waals surface area contributed by atoms with Crippen LogP contribution in [-0.4, -0.2) is 56.5 Å². The second kappa shape index (κ2) is 7.52. The van der Waals surface area contributed by atoms with Gasteiger partial charge in [-0.15, -0.1) is 0 Å². The second-order valence-electron chi connectivity index (χ2n) is 7.09. The van der Waals surface area contributed by atoms with Gasteiger partial charge >= 0.3 is 6.18 Å². The number of piperazine rings is 1. The minimum absolute atomic E-state index is 0.0962. The highest BCUT2D eigenvalue weighted by Crippen LogP contribution is 2.36. The molecule has 9 nitrogen and oxygen atoms in total. The normalized spacial score (nSPS) is 14.8. The summed E-state index contributed by atoms with van der Waals surface area (Å²) in [4.78, 5) is 31.0. The molecule has 1 saturated heterocycles. The molecule has 1 aromatic carbocycles. The van der Waals surface area contributed by atoms with Gasteiger partial charge in [0.05, 0.1) is 16.2 Å². The van der Waals surface area contributed by atoms with E-state index in [1.165, 1.54) is 4.52 Å². The standard InChI is InChI=1S/C19H17F3N6O3/c1-12-16(17-23-5-2-6-27(17)24-12)18(29)26-9-7-25(8-10-26)14-4-3-13(19(20,21)22)11-15(14)28(30)31/h2-6,11H,7-10H2,1H3. The molecule has 1 amide bonds. The van der Waals surface area contributed by atoms with Crippen molar-refractivity contribution in [3.05, 3.63) is 63.6 Å². The quantitative estimate of drug-likeness (QED) is 0.465. The smallest absolute Gasteiger partial charge is 0.362 e. The van der Waals surface area contributed by atoms with Gasteiger partial charge in [-0.25, -0.2) is 9.50 Å². The molecule has 2 aromatic heterocycles. The third-order valence-corrected chi connectivity index (χ3v) is 5.19. The number of benzene rings is 1. The Morgan fingerprint density at radius 1 is 1.19 bits per heavy atom. The van der Waals surface area contributed by atoms with Crippen molar-refractivity contribution in [3.8, 4) is 0 Å². The van der Waals surface area contributed by atoms with E-state index in [4.69, 9.17) is 0 Å². The lowest BCUT2D eigenvalue weighted by molar-refractivity contribution is -0.384. The van der Waals surface area contributed by atoms with Crippen LogP contribution in [0.3, 0.4) is 0 Å². The second-order valence-corrected chi connectivity index (χ2v) is 7.09. The molecule has 0 saturated carbocycles. The fourth-order valence-corrected chi connectivity index (χ4v) is 3.67. The van der Waals surface area contributed by atoms with Crippen LogP contribution in [0.1, 0.15) is 21.6 Å². The van der Waals surface area contributed by atoms with E-state index in [1.54, 1.807) is 35.2 Å². The summed E-state index contributed by atoms with van der Waals surface area (Å²) in [7, 11) is 0. The molecule has 1 aliphatic heterocycles. The first kappa shape index (κ1) is 20.6. The van der Waals surface area contributed by atoms with Crippen molar-refractivity contribution >= 4 is 22.9 Å². The Morgan fingerprint density at radius 2 is 1.90 bits per heavy atom. The molecular weight excluding hydrogens is 417 g/mol. The third-order valence-electron chi connectivity index (χ3n) is 5.19. The molecule has 3 aromatic rings. The number of anilines is 1. The van der Waals surface area contributed by atoms with Gasteiger partial charge in [-0.05, 0) is 25.1 Å². The first-order valence-electron chi connectivity index (χ1n) is 9.36. The van der Waals surface area contributed by atoms with Crippen molar-refractivity contribution in [2.24, 2.45) is 0 Å². The molecule has 0 N–H and O–H groups in total. The highest BCUT2D eigenvalue weighted by molar-refractivity contribution is 6.01. The summed E-state index contributed by atoms with van der Waals surface area (Å²) in [5, 5.41) is 15.6. The van der Waals surface area contributed by atoms with E-state index in [9.17, 15) is 28.1 Å². The minimum atomic E-state index is -4.67. The number of nitro benzene ring substituents is 1. The van der Waals surface area contributed by atoms with Gasteiger partial charge in [-0.3, -0.25) is 14.9 Å². The molecule has 1 fully saturated rings. The van der Waals surface area contributed by atoms with E-state index < -0.39 is 22.4 Å². The van der Waals surface area contributed by atoms with Gasteiger partial charge < -0.3 is 9.80 Å². The van der Waals surface area contributed by atoms with E-state index >= 15 is 0 Å². The topological polar surface area (TPSA) is 96.9 Å². The van der Waals surface area contributed by atoms with Gasteiger partial charge in [0, 0.05) is 44.6 Å². The number of fused-ring (bicyclic) bond motifs is 1. The van der Waals surface area contributed by atoms with E-state index in [-0.39, 0.29) is 37.8 Å². The largest absolute Gasteiger partial charge is 0.416 e. The van der Waals surface area contributed by atoms with Gasteiger partial charge in [0.15, 0.2) is 5.65 Å². The van der Waals surface area contributed by atoms with E-state index in [0.29, 0.717) is 23.0 Å². The number of hydrogen-bond donors (Lipinski definition) is 0. The van der Waals surface area contributed by atoms with Crippen LogP contribution in [0.5, 0.6) is 0 Å². The number of hydrogen-bond acceptors (Lipinski definition) is 6. The lowest BCUT2D eigenvalue weighted by atomic mass is 10.1. The molecule has 4 rings (SSSR count). The van der Waals surface area contributed by atoms with Crippen LogP contribution in [-0.2, 0) is 6.18 Å². The molecule has 0 atom stereocenters. The number of rotatable bonds is 3. The van der Waals surface area contributed by atoms with Crippen LogP contribution < -0.4 is 4.90 Å². The molecular formula is C19H17F3N6O3. The Kier molecular flexibility index (Phi) is 4.99. The molecule has 0 aliphatic carbocycles. The monoisotopic (exact) mass is 434 g/mol. The summed E-state index contributed by atoms with van der Waals surface area (Å²) in [6.45, 7) is 2.69. The predicted octanol–water partition coefficient (Wildman–Crippen LogP) is 2.93. The van der Waals surface area contributed by atoms with Gasteiger partial charge in [-0.1, -0.05) is 0 Å². The molecule has 0 spiro atoms. The Morgan fingerprint density at radius 3 is 2.55 bits per heavy atom. The summed E-state index contributed by atoms with van der Waals surface area (Å²) in [6, 6.07) is 4.18. The molecule has 0 bridgehead atoms. The fraction of sp³-hybridized carbons (Fsp3) is 0.316. The molecule has 31 heavy (non-hydrogen) atoms. The molecule has 1 aliphatic rings. The average Bonchev–Trinajstić information content (AvgIpc) is 3.08. The third kappa shape index (κ3) is 3.76. The van der Waals surface area contributed by atoms with Gasteiger partial charge in [0.2, 0.25) is 0 Å². The van der Waals surface area contributed by atoms with Gasteiger partial charge in [-0.2, -0.15) is 18.3 Å². The highest BCUT2D eigenvalue weighted by atomic mass is 19.4. The van der Waals surface area contributed by atoms with Crippen molar-refractivity contribution in [1.29, 1.82) is 0 Å². The molecule has 12 heteroatoms. The van der Waals surface area contributed by atoms with Crippen LogP contribution in [0.2, 0.25) is 0 Å². The Hall–Kier alpha value is -3.70. The van der Waals surface area contributed by atoms with Crippen molar-refractivity contribution in [1.82, 2.24) is 19.5 Å². The van der Waals surface area contributed by atoms with E-state index in [1.807, 2.05) is 0 Å². The molecule has 0 radical (unpaired) electrons. The van der Waals surface area contributed by atoms with Crippen molar-refractivity contribution < 1.29 is 22.9 Å². The number of carbonyl (C=O) groups excluding carboxylic acids is 1. The lowest BCUT2D eigenvalue weighted by Gasteiger charge is -2.35. The number of nitro groups is 1. The number of amides is 1. The molecule has 3 heterocycles. The van der Waals surface area contributed by atoms with Gasteiger partial charge in [0.1, 0.15) is 11.3 Å². The van der Waals surface area contributed by atoms with Crippen LogP contribution in [0.25, 0.3) is 5.65 Å². The molecule has 0 unspecified atom stereocenters. The predicted molar refractivity (Wildman–Crippen MR) is 104 cm³/mol. The first-order chi connectivity index (χ1) is 14.7. The summed E-state index contributed by atoms with van der Waals surface area (Å²) < 4.78 is 40.3. The Balaban J connectivity index is 1.54. The zero-order chi connectivity index (χ0) is 22.3. The molecule has 162 valence electrons. The number of halogens is 3. The maximum absolute atomic E-state index is 13.0.